The lowest BCUT2D eigenvalue weighted by Gasteiger charge is -2.30. The monoisotopic (exact) mass is 585 g/mol. The molecule has 0 saturated heterocycles. The summed E-state index contributed by atoms with van der Waals surface area (Å²) in [5.41, 5.74) is 0.102. The minimum atomic E-state index is -1.65. The summed E-state index contributed by atoms with van der Waals surface area (Å²) in [4.78, 5) is 63.6. The second-order valence-electron chi connectivity index (χ2n) is 10.8. The summed E-state index contributed by atoms with van der Waals surface area (Å²) in [6.07, 6.45) is 2.61. The number of carbonyl (C=O) groups is 5. The lowest BCUT2D eigenvalue weighted by molar-refractivity contribution is -0.142. The molecule has 0 bridgehead atoms. The summed E-state index contributed by atoms with van der Waals surface area (Å²) >= 11 is 0. The number of hydrogen-bond acceptors (Lipinski definition) is 9. The summed E-state index contributed by atoms with van der Waals surface area (Å²) in [7, 11) is 2.68. The number of phenolic OH excluding ortho intramolecular Hbond substituents is 1. The fourth-order valence-electron chi connectivity index (χ4n) is 5.90. The molecular weight excluding hydrogens is 554 g/mol. The van der Waals surface area contributed by atoms with Crippen LogP contribution < -0.4 is 14.8 Å². The fraction of sp³-hybridized carbons (Fsp3) is 0.303. The molecule has 0 fully saturated rings. The van der Waals surface area contributed by atoms with Crippen molar-refractivity contribution in [1.29, 1.82) is 0 Å². The van der Waals surface area contributed by atoms with Crippen LogP contribution in [0.3, 0.4) is 0 Å². The molecule has 0 aromatic heterocycles. The molecule has 1 unspecified atom stereocenters. The van der Waals surface area contributed by atoms with Gasteiger partial charge in [0.1, 0.15) is 39.9 Å². The fourth-order valence-corrected chi connectivity index (χ4v) is 5.90. The molecule has 1 aliphatic heterocycles. The van der Waals surface area contributed by atoms with E-state index in [2.05, 4.69) is 5.32 Å². The van der Waals surface area contributed by atoms with E-state index in [9.17, 15) is 29.1 Å². The third-order valence-corrected chi connectivity index (χ3v) is 8.12. The van der Waals surface area contributed by atoms with Gasteiger partial charge in [0.2, 0.25) is 0 Å². The highest BCUT2D eigenvalue weighted by atomic mass is 16.5. The topological polar surface area (TPSA) is 145 Å². The first kappa shape index (κ1) is 29.5. The predicted molar refractivity (Wildman–Crippen MR) is 155 cm³/mol. The normalized spacial score (nSPS) is 18.8. The molecule has 222 valence electrons. The lowest BCUT2D eigenvalue weighted by Crippen LogP contribution is -2.47. The molecule has 43 heavy (non-hydrogen) atoms. The van der Waals surface area contributed by atoms with E-state index in [-0.39, 0.29) is 53.1 Å². The Morgan fingerprint density at radius 2 is 1.84 bits per heavy atom. The molecule has 10 heteroatoms. The molecule has 0 spiro atoms. The number of nitrogens with one attached hydrogen (secondary N) is 1. The number of carbonyl (C=O) groups excluding carboxylic acids is 5. The van der Waals surface area contributed by atoms with Crippen LogP contribution in [0.2, 0.25) is 0 Å². The number of aromatic hydroxyl groups is 1. The molecule has 3 aromatic rings. The third kappa shape index (κ3) is 5.03. The number of rotatable bonds is 9. The van der Waals surface area contributed by atoms with E-state index in [4.69, 9.17) is 14.2 Å². The molecule has 2 atom stereocenters. The molecule has 1 aliphatic carbocycles. The second-order valence-corrected chi connectivity index (χ2v) is 10.8. The Kier molecular flexibility index (Phi) is 7.79. The highest BCUT2D eigenvalue weighted by molar-refractivity contribution is 6.27. The quantitative estimate of drug-likeness (QED) is 0.282. The van der Waals surface area contributed by atoms with E-state index < -0.39 is 34.6 Å². The minimum Gasteiger partial charge on any atom is -0.507 e. The summed E-state index contributed by atoms with van der Waals surface area (Å²) in [6, 6.07) is 13.0. The summed E-state index contributed by atoms with van der Waals surface area (Å²) in [6.45, 7) is 2.73. The van der Waals surface area contributed by atoms with Gasteiger partial charge in [-0.25, -0.2) is 0 Å². The molecule has 0 saturated carbocycles. The van der Waals surface area contributed by atoms with Crippen LogP contribution in [0.1, 0.15) is 53.7 Å². The zero-order valence-electron chi connectivity index (χ0n) is 24.2. The molecular formula is C33H31NO9. The van der Waals surface area contributed by atoms with Crippen molar-refractivity contribution in [3.05, 3.63) is 76.6 Å². The number of aryl methyl sites for hydroxylation is 1. The summed E-state index contributed by atoms with van der Waals surface area (Å²) < 4.78 is 16.1. The van der Waals surface area contributed by atoms with Gasteiger partial charge in [0.15, 0.2) is 17.3 Å². The SMILES string of the molecule is COC(=O)CCCc1cc(CNC(=O)c2c(OC)cc(O)c3c2OC2=CC(=O)C(C(C)=O)C(=O)[C@]23C)c2ccccc2c1. The Morgan fingerprint density at radius 3 is 2.53 bits per heavy atom. The average molecular weight is 586 g/mol. The number of ketones is 3. The molecule has 5 rings (SSSR count). The van der Waals surface area contributed by atoms with Gasteiger partial charge in [0.25, 0.3) is 5.91 Å². The van der Waals surface area contributed by atoms with Gasteiger partial charge in [-0.3, -0.25) is 24.0 Å². The molecule has 2 N–H and O–H groups in total. The predicted octanol–water partition coefficient (Wildman–Crippen LogP) is 3.87. The van der Waals surface area contributed by atoms with Crippen LogP contribution in [-0.2, 0) is 42.3 Å². The smallest absolute Gasteiger partial charge is 0.305 e. The Balaban J connectivity index is 1.50. The Bertz CT molecular complexity index is 1740. The molecule has 3 aromatic carbocycles. The van der Waals surface area contributed by atoms with Crippen molar-refractivity contribution in [1.82, 2.24) is 5.32 Å². The number of fused-ring (bicyclic) bond motifs is 4. The van der Waals surface area contributed by atoms with Gasteiger partial charge in [-0.05, 0) is 48.6 Å². The van der Waals surface area contributed by atoms with E-state index in [1.54, 1.807) is 0 Å². The van der Waals surface area contributed by atoms with E-state index >= 15 is 0 Å². The van der Waals surface area contributed by atoms with Crippen LogP contribution in [0, 0.1) is 5.92 Å². The van der Waals surface area contributed by atoms with Crippen molar-refractivity contribution in [2.45, 2.75) is 45.1 Å². The number of hydrogen-bond donors (Lipinski definition) is 2. The Labute approximate surface area is 247 Å². The van der Waals surface area contributed by atoms with Crippen molar-refractivity contribution in [3.63, 3.8) is 0 Å². The van der Waals surface area contributed by atoms with Crippen molar-refractivity contribution < 1.29 is 43.3 Å². The zero-order chi connectivity index (χ0) is 31.1. The maximum atomic E-state index is 13.8. The molecule has 2 aliphatic rings. The second kappa shape index (κ2) is 11.4. The van der Waals surface area contributed by atoms with Crippen molar-refractivity contribution in [2.75, 3.05) is 14.2 Å². The van der Waals surface area contributed by atoms with Crippen LogP contribution in [0.5, 0.6) is 17.2 Å². The number of methoxy groups -OCH3 is 2. The Hall–Kier alpha value is -4.99. The van der Waals surface area contributed by atoms with Crippen LogP contribution >= 0.6 is 0 Å². The van der Waals surface area contributed by atoms with Gasteiger partial charge in [0, 0.05) is 25.1 Å². The van der Waals surface area contributed by atoms with Gasteiger partial charge >= 0.3 is 5.97 Å². The number of allylic oxidation sites excluding steroid dienone is 2. The Morgan fingerprint density at radius 1 is 1.09 bits per heavy atom. The molecule has 0 radical (unpaired) electrons. The first-order valence-corrected chi connectivity index (χ1v) is 13.8. The minimum absolute atomic E-state index is 0.0000839. The van der Waals surface area contributed by atoms with Gasteiger partial charge in [0.05, 0.1) is 19.8 Å². The first-order valence-electron chi connectivity index (χ1n) is 13.8. The number of benzene rings is 3. The number of ether oxygens (including phenoxy) is 3. The number of phenols is 1. The highest BCUT2D eigenvalue weighted by Gasteiger charge is 2.58. The standard InChI is InChI=1S/C33H31NO9/c1-17(35)27-22(36)15-25-33(2,31(27)39)29-23(37)14-24(41-3)28(30(29)43-25)32(40)34-16-20-13-18(8-7-11-26(38)42-4)12-19-9-5-6-10-21(19)20/h5-6,9-10,12-15,27,37H,7-8,11,16H2,1-4H3,(H,34,40)/t27?,33-/m1/s1. The zero-order valence-corrected chi connectivity index (χ0v) is 24.2. The molecule has 10 nitrogen and oxygen atoms in total. The van der Waals surface area contributed by atoms with E-state index in [0.717, 1.165) is 34.9 Å². The highest BCUT2D eigenvalue weighted by Crippen LogP contribution is 2.56. The van der Waals surface area contributed by atoms with Gasteiger partial charge in [-0.1, -0.05) is 36.4 Å². The number of amides is 1. The van der Waals surface area contributed by atoms with E-state index in [1.807, 2.05) is 36.4 Å². The van der Waals surface area contributed by atoms with Crippen molar-refractivity contribution >= 4 is 40.0 Å². The van der Waals surface area contributed by atoms with Gasteiger partial charge < -0.3 is 24.6 Å². The maximum Gasteiger partial charge on any atom is 0.305 e. The van der Waals surface area contributed by atoms with Crippen LogP contribution in [0.25, 0.3) is 10.8 Å². The molecule has 1 amide bonds. The summed E-state index contributed by atoms with van der Waals surface area (Å²) in [5.74, 6) is -5.03. The molecule has 1 heterocycles. The van der Waals surface area contributed by atoms with Gasteiger partial charge in [-0.2, -0.15) is 0 Å². The number of esters is 1. The van der Waals surface area contributed by atoms with Crippen molar-refractivity contribution in [3.8, 4) is 17.2 Å². The number of Topliss-reactive ketones (excluding diaryl/α,β-unsaturated/α-hetero) is 2. The first-order chi connectivity index (χ1) is 20.5. The summed E-state index contributed by atoms with van der Waals surface area (Å²) in [5, 5.41) is 15.8. The van der Waals surface area contributed by atoms with E-state index in [0.29, 0.717) is 12.8 Å². The largest absolute Gasteiger partial charge is 0.507 e. The van der Waals surface area contributed by atoms with Gasteiger partial charge in [-0.15, -0.1) is 0 Å². The van der Waals surface area contributed by atoms with Crippen molar-refractivity contribution in [2.24, 2.45) is 5.92 Å². The maximum absolute atomic E-state index is 13.8. The van der Waals surface area contributed by atoms with E-state index in [1.165, 1.54) is 27.2 Å². The third-order valence-electron chi connectivity index (χ3n) is 8.12. The van der Waals surface area contributed by atoms with Crippen LogP contribution in [0.4, 0.5) is 0 Å². The average Bonchev–Trinajstić information content (AvgIpc) is 3.28. The van der Waals surface area contributed by atoms with Crippen LogP contribution in [0.15, 0.2) is 54.3 Å². The van der Waals surface area contributed by atoms with Crippen LogP contribution in [-0.4, -0.2) is 48.6 Å². The lowest BCUT2D eigenvalue weighted by atomic mass is 9.67.